The molecule has 1 fully saturated rings. The standard InChI is InChI=1S/C7H12O10S/c1-15-7-5(17-18(12,13)14)3(9)2(8)4(16-7)6(10)11/h2-5,7-9H,1H3,(H,10,11)(H,12,13,14)/t2-,3-,4+,5+,7+/m0/s1. The van der Waals surface area contributed by atoms with Gasteiger partial charge in [-0.05, 0) is 0 Å². The van der Waals surface area contributed by atoms with E-state index in [4.69, 9.17) is 14.4 Å². The van der Waals surface area contributed by atoms with Crippen LogP contribution in [0, 0.1) is 0 Å². The number of aliphatic hydroxyl groups is 2. The molecular weight excluding hydrogens is 276 g/mol. The molecular formula is C7H12O10S. The molecule has 0 aromatic heterocycles. The second kappa shape index (κ2) is 5.44. The van der Waals surface area contributed by atoms with Crippen LogP contribution in [0.25, 0.3) is 0 Å². The average Bonchev–Trinajstić information content (AvgIpc) is 2.23. The van der Waals surface area contributed by atoms with Crippen LogP contribution in [0.5, 0.6) is 0 Å². The van der Waals surface area contributed by atoms with Gasteiger partial charge in [0.1, 0.15) is 12.2 Å². The zero-order valence-corrected chi connectivity index (χ0v) is 9.85. The molecule has 10 nitrogen and oxygen atoms in total. The summed E-state index contributed by atoms with van der Waals surface area (Å²) in [6.45, 7) is 0. The van der Waals surface area contributed by atoms with Gasteiger partial charge in [0.15, 0.2) is 18.5 Å². The maximum Gasteiger partial charge on any atom is 0.397 e. The molecule has 106 valence electrons. The van der Waals surface area contributed by atoms with Crippen molar-refractivity contribution in [2.45, 2.75) is 30.7 Å². The molecule has 1 saturated heterocycles. The molecule has 0 unspecified atom stereocenters. The van der Waals surface area contributed by atoms with E-state index in [0.29, 0.717) is 0 Å². The van der Waals surface area contributed by atoms with Crippen molar-refractivity contribution in [1.29, 1.82) is 0 Å². The lowest BCUT2D eigenvalue weighted by Crippen LogP contribution is -2.61. The fraction of sp³-hybridized carbons (Fsp3) is 0.857. The summed E-state index contributed by atoms with van der Waals surface area (Å²) in [7, 11) is -3.90. The zero-order chi connectivity index (χ0) is 14.1. The van der Waals surface area contributed by atoms with Crippen LogP contribution in [0.1, 0.15) is 0 Å². The molecule has 0 amide bonds. The Kier molecular flexibility index (Phi) is 4.61. The van der Waals surface area contributed by atoms with Crippen LogP contribution in [0.4, 0.5) is 0 Å². The normalized spacial score (nSPS) is 37.4. The minimum atomic E-state index is -4.94. The van der Waals surface area contributed by atoms with E-state index in [0.717, 1.165) is 7.11 Å². The van der Waals surface area contributed by atoms with Gasteiger partial charge in [0, 0.05) is 7.11 Å². The van der Waals surface area contributed by atoms with Gasteiger partial charge in [-0.15, -0.1) is 0 Å². The van der Waals surface area contributed by atoms with Crippen molar-refractivity contribution in [3.8, 4) is 0 Å². The fourth-order valence-corrected chi connectivity index (χ4v) is 1.96. The first kappa shape index (κ1) is 15.2. The Morgan fingerprint density at radius 3 is 2.22 bits per heavy atom. The molecule has 1 heterocycles. The summed E-state index contributed by atoms with van der Waals surface area (Å²) in [5.74, 6) is -1.58. The van der Waals surface area contributed by atoms with E-state index >= 15 is 0 Å². The van der Waals surface area contributed by atoms with Crippen molar-refractivity contribution >= 4 is 16.4 Å². The first-order chi connectivity index (χ1) is 8.17. The Morgan fingerprint density at radius 1 is 1.28 bits per heavy atom. The SMILES string of the molecule is CO[C@@H]1O[C@@H](C(=O)O)[C@@H](O)[C@H](O)[C@H]1OS(=O)(=O)O. The van der Waals surface area contributed by atoms with Gasteiger partial charge < -0.3 is 24.8 Å². The van der Waals surface area contributed by atoms with Crippen molar-refractivity contribution in [2.75, 3.05) is 7.11 Å². The molecule has 0 aromatic rings. The number of ether oxygens (including phenoxy) is 2. The van der Waals surface area contributed by atoms with Crippen LogP contribution in [0.3, 0.4) is 0 Å². The van der Waals surface area contributed by atoms with E-state index in [-0.39, 0.29) is 0 Å². The van der Waals surface area contributed by atoms with Gasteiger partial charge in [0.25, 0.3) is 0 Å². The summed E-state index contributed by atoms with van der Waals surface area (Å²) < 4.78 is 42.9. The predicted octanol–water partition coefficient (Wildman–Crippen LogP) is -2.65. The topological polar surface area (TPSA) is 160 Å². The maximum absolute atomic E-state index is 10.7. The summed E-state index contributed by atoms with van der Waals surface area (Å²) in [5.41, 5.74) is 0. The highest BCUT2D eigenvalue weighted by Crippen LogP contribution is 2.25. The van der Waals surface area contributed by atoms with E-state index < -0.39 is 47.1 Å². The molecule has 0 saturated carbocycles. The van der Waals surface area contributed by atoms with E-state index in [2.05, 4.69) is 8.92 Å². The highest BCUT2D eigenvalue weighted by atomic mass is 32.3. The second-order valence-corrected chi connectivity index (χ2v) is 4.52. The van der Waals surface area contributed by atoms with Crippen molar-refractivity contribution < 1.29 is 46.7 Å². The smallest absolute Gasteiger partial charge is 0.397 e. The Morgan fingerprint density at radius 2 is 1.83 bits per heavy atom. The summed E-state index contributed by atoms with van der Waals surface area (Å²) >= 11 is 0. The van der Waals surface area contributed by atoms with E-state index in [1.54, 1.807) is 0 Å². The minimum absolute atomic E-state index is 1.04. The number of rotatable bonds is 4. The van der Waals surface area contributed by atoms with Crippen LogP contribution in [0.15, 0.2) is 0 Å². The maximum atomic E-state index is 10.7. The average molecular weight is 288 g/mol. The van der Waals surface area contributed by atoms with Crippen molar-refractivity contribution in [2.24, 2.45) is 0 Å². The molecule has 0 spiro atoms. The van der Waals surface area contributed by atoms with Gasteiger partial charge in [-0.1, -0.05) is 0 Å². The monoisotopic (exact) mass is 288 g/mol. The van der Waals surface area contributed by atoms with Crippen molar-refractivity contribution in [1.82, 2.24) is 0 Å². The largest absolute Gasteiger partial charge is 0.479 e. The first-order valence-corrected chi connectivity index (χ1v) is 5.96. The van der Waals surface area contributed by atoms with E-state index in [1.807, 2.05) is 0 Å². The van der Waals surface area contributed by atoms with Gasteiger partial charge in [0.2, 0.25) is 0 Å². The predicted molar refractivity (Wildman–Crippen MR) is 51.7 cm³/mol. The van der Waals surface area contributed by atoms with Gasteiger partial charge in [-0.25, -0.2) is 8.98 Å². The lowest BCUT2D eigenvalue weighted by Gasteiger charge is -2.39. The molecule has 0 bridgehead atoms. The molecule has 1 aliphatic rings. The van der Waals surface area contributed by atoms with Crippen molar-refractivity contribution in [3.63, 3.8) is 0 Å². The minimum Gasteiger partial charge on any atom is -0.479 e. The van der Waals surface area contributed by atoms with E-state index in [1.165, 1.54) is 0 Å². The van der Waals surface area contributed by atoms with Crippen LogP contribution in [-0.2, 0) is 28.9 Å². The molecule has 5 atom stereocenters. The Labute approximate surface area is 102 Å². The van der Waals surface area contributed by atoms with Crippen molar-refractivity contribution in [3.05, 3.63) is 0 Å². The summed E-state index contributed by atoms with van der Waals surface area (Å²) in [5, 5.41) is 27.7. The number of hydrogen-bond acceptors (Lipinski definition) is 8. The molecule has 1 rings (SSSR count). The number of aliphatic carboxylic acids is 1. The lowest BCUT2D eigenvalue weighted by atomic mass is 9.99. The summed E-state index contributed by atoms with van der Waals surface area (Å²) in [4.78, 5) is 10.7. The Hall–Kier alpha value is -0.820. The molecule has 0 radical (unpaired) electrons. The third-order valence-corrected chi connectivity index (χ3v) is 2.72. The molecule has 11 heteroatoms. The zero-order valence-electron chi connectivity index (χ0n) is 9.03. The van der Waals surface area contributed by atoms with Crippen LogP contribution in [0.2, 0.25) is 0 Å². The number of hydrogen-bond donors (Lipinski definition) is 4. The fourth-order valence-electron chi connectivity index (χ4n) is 1.47. The molecule has 4 N–H and O–H groups in total. The summed E-state index contributed by atoms with van der Waals surface area (Å²) in [6, 6.07) is 0. The van der Waals surface area contributed by atoms with Gasteiger partial charge in [-0.2, -0.15) is 8.42 Å². The molecule has 0 aliphatic carbocycles. The van der Waals surface area contributed by atoms with Gasteiger partial charge in [-0.3, -0.25) is 4.55 Å². The number of aliphatic hydroxyl groups excluding tert-OH is 2. The van der Waals surface area contributed by atoms with Crippen LogP contribution >= 0.6 is 0 Å². The molecule has 1 aliphatic heterocycles. The van der Waals surface area contributed by atoms with Crippen LogP contribution < -0.4 is 0 Å². The third kappa shape index (κ3) is 3.35. The highest BCUT2D eigenvalue weighted by Gasteiger charge is 2.50. The van der Waals surface area contributed by atoms with Gasteiger partial charge >= 0.3 is 16.4 Å². The number of methoxy groups -OCH3 is 1. The lowest BCUT2D eigenvalue weighted by molar-refractivity contribution is -0.281. The Balaban J connectivity index is 2.95. The Bertz CT molecular complexity index is 402. The quantitative estimate of drug-likeness (QED) is 0.402. The highest BCUT2D eigenvalue weighted by molar-refractivity contribution is 7.80. The first-order valence-electron chi connectivity index (χ1n) is 4.60. The molecule has 0 aromatic carbocycles. The third-order valence-electron chi connectivity index (χ3n) is 2.25. The number of carbonyl (C=O) groups is 1. The molecule has 18 heavy (non-hydrogen) atoms. The van der Waals surface area contributed by atoms with Gasteiger partial charge in [0.05, 0.1) is 0 Å². The number of carboxylic acids is 1. The number of carboxylic acid groups (broad SMARTS) is 1. The van der Waals surface area contributed by atoms with E-state index in [9.17, 15) is 23.4 Å². The second-order valence-electron chi connectivity index (χ2n) is 3.47. The van der Waals surface area contributed by atoms with Crippen LogP contribution in [-0.4, -0.2) is 72.1 Å². The summed E-state index contributed by atoms with van der Waals surface area (Å²) in [6.07, 6.45) is -9.08.